The molecular weight excluding hydrogens is 202 g/mol. The molecule has 6 heteroatoms. The third kappa shape index (κ3) is 3.18. The Bertz CT molecular complexity index is 286. The van der Waals surface area contributed by atoms with Crippen molar-refractivity contribution in [3.63, 3.8) is 0 Å². The van der Waals surface area contributed by atoms with Crippen molar-refractivity contribution in [2.45, 2.75) is 6.92 Å². The van der Waals surface area contributed by atoms with Gasteiger partial charge in [-0.15, -0.1) is 12.4 Å². The van der Waals surface area contributed by atoms with Gasteiger partial charge in [0.2, 0.25) is 0 Å². The largest absolute Gasteiger partial charge is 0.490 e. The number of anilines is 1. The first-order chi connectivity index (χ1) is 6.15. The van der Waals surface area contributed by atoms with E-state index >= 15 is 0 Å². The fraction of sp³-hybridized carbons (Fsp3) is 0.375. The van der Waals surface area contributed by atoms with Crippen molar-refractivity contribution in [2.24, 2.45) is 0 Å². The van der Waals surface area contributed by atoms with Crippen LogP contribution in [0.2, 0.25) is 0 Å². The Balaban J connectivity index is 0.00000169. The molecule has 0 fully saturated rings. The summed E-state index contributed by atoms with van der Waals surface area (Å²) in [5.74, 6) is 0. The van der Waals surface area contributed by atoms with Crippen LogP contribution in [0.15, 0.2) is 18.5 Å². The fourth-order valence-electron chi connectivity index (χ4n) is 0.978. The minimum absolute atomic E-state index is 0. The lowest BCUT2D eigenvalue weighted by Gasteiger charge is -2.16. The van der Waals surface area contributed by atoms with Gasteiger partial charge in [-0.05, 0) is 13.0 Å². The van der Waals surface area contributed by atoms with Gasteiger partial charge in [0, 0.05) is 25.3 Å². The van der Waals surface area contributed by atoms with Gasteiger partial charge in [0.05, 0.1) is 11.9 Å². The van der Waals surface area contributed by atoms with Crippen LogP contribution in [-0.4, -0.2) is 35.7 Å². The number of rotatable bonds is 3. The summed E-state index contributed by atoms with van der Waals surface area (Å²) < 4.78 is 0. The van der Waals surface area contributed by atoms with Gasteiger partial charge in [0.25, 0.3) is 0 Å². The zero-order chi connectivity index (χ0) is 9.84. The second kappa shape index (κ2) is 5.85. The molecule has 0 saturated heterocycles. The zero-order valence-electron chi connectivity index (χ0n) is 8.21. The Hall–Kier alpha value is -0.775. The molecule has 4 nitrogen and oxygen atoms in total. The van der Waals surface area contributed by atoms with Crippen LogP contribution in [0.1, 0.15) is 6.92 Å². The topological polar surface area (TPSA) is 56.6 Å². The van der Waals surface area contributed by atoms with E-state index in [1.54, 1.807) is 12.3 Å². The van der Waals surface area contributed by atoms with E-state index in [1.165, 1.54) is 6.20 Å². The van der Waals surface area contributed by atoms with Gasteiger partial charge >= 0.3 is 7.12 Å². The van der Waals surface area contributed by atoms with Crippen molar-refractivity contribution in [1.82, 2.24) is 4.98 Å². The number of halogens is 1. The van der Waals surface area contributed by atoms with Gasteiger partial charge in [-0.3, -0.25) is 4.98 Å². The van der Waals surface area contributed by atoms with Gasteiger partial charge < -0.3 is 14.9 Å². The number of pyridine rings is 1. The average Bonchev–Trinajstić information content (AvgIpc) is 2.17. The first kappa shape index (κ1) is 13.2. The molecule has 0 aromatic carbocycles. The summed E-state index contributed by atoms with van der Waals surface area (Å²) in [5.41, 5.74) is 1.30. The SMILES string of the molecule is CCN(C)c1cncc(B(O)O)c1.Cl. The lowest BCUT2D eigenvalue weighted by atomic mass is 9.81. The highest BCUT2D eigenvalue weighted by atomic mass is 35.5. The Labute approximate surface area is 90.1 Å². The molecule has 0 aliphatic heterocycles. The van der Waals surface area contributed by atoms with E-state index in [0.717, 1.165) is 12.2 Å². The Kier molecular flexibility index (Phi) is 5.53. The summed E-state index contributed by atoms with van der Waals surface area (Å²) in [4.78, 5) is 5.88. The molecule has 0 amide bonds. The van der Waals surface area contributed by atoms with Gasteiger partial charge in [-0.2, -0.15) is 0 Å². The number of hydrogen-bond acceptors (Lipinski definition) is 4. The lowest BCUT2D eigenvalue weighted by Crippen LogP contribution is -2.31. The molecule has 1 aromatic heterocycles. The minimum atomic E-state index is -1.45. The Morgan fingerprint density at radius 1 is 1.43 bits per heavy atom. The third-order valence-electron chi connectivity index (χ3n) is 1.96. The summed E-state index contributed by atoms with van der Waals surface area (Å²) >= 11 is 0. The monoisotopic (exact) mass is 216 g/mol. The van der Waals surface area contributed by atoms with Crippen LogP contribution < -0.4 is 10.4 Å². The summed E-state index contributed by atoms with van der Waals surface area (Å²) in [6, 6.07) is 1.71. The number of aromatic nitrogens is 1. The van der Waals surface area contributed by atoms with Gasteiger partial charge in [-0.1, -0.05) is 0 Å². The maximum atomic E-state index is 8.90. The van der Waals surface area contributed by atoms with Crippen molar-refractivity contribution in [2.75, 3.05) is 18.5 Å². The summed E-state index contributed by atoms with van der Waals surface area (Å²) in [6.45, 7) is 2.87. The molecule has 0 aliphatic rings. The highest BCUT2D eigenvalue weighted by Crippen LogP contribution is 2.06. The van der Waals surface area contributed by atoms with E-state index in [-0.39, 0.29) is 12.4 Å². The molecule has 2 N–H and O–H groups in total. The van der Waals surface area contributed by atoms with Gasteiger partial charge in [0.15, 0.2) is 0 Å². The highest BCUT2D eigenvalue weighted by molar-refractivity contribution is 6.58. The molecule has 0 saturated carbocycles. The molecule has 0 atom stereocenters. The lowest BCUT2D eigenvalue weighted by molar-refractivity contribution is 0.425. The van der Waals surface area contributed by atoms with Crippen LogP contribution in [0.4, 0.5) is 5.69 Å². The molecule has 0 spiro atoms. The first-order valence-electron chi connectivity index (χ1n) is 4.17. The summed E-state index contributed by atoms with van der Waals surface area (Å²) in [6.07, 6.45) is 3.13. The third-order valence-corrected chi connectivity index (χ3v) is 1.96. The average molecular weight is 216 g/mol. The number of nitrogens with zero attached hydrogens (tertiary/aromatic N) is 2. The minimum Gasteiger partial charge on any atom is -0.423 e. The predicted octanol–water partition coefficient (Wildman–Crippen LogP) is -0.361. The molecule has 0 aliphatic carbocycles. The molecular formula is C8H14BClN2O2. The summed E-state index contributed by atoms with van der Waals surface area (Å²) in [7, 11) is 0.475. The van der Waals surface area contributed by atoms with E-state index in [4.69, 9.17) is 10.0 Å². The molecule has 78 valence electrons. The Morgan fingerprint density at radius 2 is 2.07 bits per heavy atom. The first-order valence-corrected chi connectivity index (χ1v) is 4.17. The Morgan fingerprint density at radius 3 is 2.57 bits per heavy atom. The molecule has 14 heavy (non-hydrogen) atoms. The second-order valence-corrected chi connectivity index (χ2v) is 2.86. The van der Waals surface area contributed by atoms with Gasteiger partial charge in [-0.25, -0.2) is 0 Å². The van der Waals surface area contributed by atoms with Crippen molar-refractivity contribution >= 4 is 30.7 Å². The van der Waals surface area contributed by atoms with Crippen molar-refractivity contribution in [1.29, 1.82) is 0 Å². The van der Waals surface area contributed by atoms with Crippen LogP contribution in [-0.2, 0) is 0 Å². The molecule has 0 unspecified atom stereocenters. The molecule has 1 heterocycles. The maximum Gasteiger partial charge on any atom is 0.490 e. The molecule has 0 bridgehead atoms. The van der Waals surface area contributed by atoms with Crippen molar-refractivity contribution < 1.29 is 10.0 Å². The number of hydrogen-bond donors (Lipinski definition) is 2. The van der Waals surface area contributed by atoms with Crippen LogP contribution in [0.5, 0.6) is 0 Å². The molecule has 1 rings (SSSR count). The molecule has 1 aromatic rings. The van der Waals surface area contributed by atoms with E-state index in [0.29, 0.717) is 5.46 Å². The summed E-state index contributed by atoms with van der Waals surface area (Å²) in [5, 5.41) is 17.8. The predicted molar refractivity (Wildman–Crippen MR) is 60.3 cm³/mol. The van der Waals surface area contributed by atoms with E-state index in [9.17, 15) is 0 Å². The van der Waals surface area contributed by atoms with Crippen LogP contribution in [0.3, 0.4) is 0 Å². The fourth-order valence-corrected chi connectivity index (χ4v) is 0.978. The smallest absolute Gasteiger partial charge is 0.423 e. The highest BCUT2D eigenvalue weighted by Gasteiger charge is 2.12. The second-order valence-electron chi connectivity index (χ2n) is 2.86. The van der Waals surface area contributed by atoms with Crippen LogP contribution in [0.25, 0.3) is 0 Å². The van der Waals surface area contributed by atoms with Crippen LogP contribution in [0, 0.1) is 0 Å². The van der Waals surface area contributed by atoms with E-state index in [1.807, 2.05) is 18.9 Å². The van der Waals surface area contributed by atoms with E-state index < -0.39 is 7.12 Å². The van der Waals surface area contributed by atoms with Crippen molar-refractivity contribution in [3.05, 3.63) is 18.5 Å². The quantitative estimate of drug-likeness (QED) is 0.678. The maximum absolute atomic E-state index is 8.90. The van der Waals surface area contributed by atoms with Crippen LogP contribution >= 0.6 is 12.4 Å². The van der Waals surface area contributed by atoms with E-state index in [2.05, 4.69) is 4.98 Å². The zero-order valence-corrected chi connectivity index (χ0v) is 9.03. The standard InChI is InChI=1S/C8H13BN2O2.ClH/c1-3-11(2)8-4-7(9(12)13)5-10-6-8;/h4-6,12-13H,3H2,1-2H3;1H. The van der Waals surface area contributed by atoms with Gasteiger partial charge in [0.1, 0.15) is 0 Å². The molecule has 0 radical (unpaired) electrons. The normalized spacial score (nSPS) is 9.14. The van der Waals surface area contributed by atoms with Crippen molar-refractivity contribution in [3.8, 4) is 0 Å².